The summed E-state index contributed by atoms with van der Waals surface area (Å²) in [5.41, 5.74) is -1.04. The van der Waals surface area contributed by atoms with Crippen LogP contribution in [0.4, 0.5) is 4.39 Å². The topological polar surface area (TPSA) is 47.6 Å². The molecule has 0 bridgehead atoms. The van der Waals surface area contributed by atoms with E-state index in [1.165, 1.54) is 24.3 Å². The van der Waals surface area contributed by atoms with Crippen molar-refractivity contribution in [1.29, 1.82) is 0 Å². The number of amides is 1. The Morgan fingerprint density at radius 1 is 1.08 bits per heavy atom. The van der Waals surface area contributed by atoms with Gasteiger partial charge in [-0.15, -0.1) is 0 Å². The number of carbonyl (C=O) groups excluding carboxylic acids is 1. The summed E-state index contributed by atoms with van der Waals surface area (Å²) in [5.74, 6) is 0.515. The summed E-state index contributed by atoms with van der Waals surface area (Å²) in [6, 6.07) is 12.5. The smallest absolute Gasteiger partial charge is 0.263 e. The van der Waals surface area contributed by atoms with Gasteiger partial charge in [-0.2, -0.15) is 0 Å². The van der Waals surface area contributed by atoms with Gasteiger partial charge in [0, 0.05) is 5.02 Å². The van der Waals surface area contributed by atoms with Gasteiger partial charge >= 0.3 is 0 Å². The molecular formula is C18H19ClFNO3. The molecule has 0 radical (unpaired) electrons. The standard InChI is InChI=1S/C18H19ClFNO3/c1-18(2,24-16-7-3-13(19)4-8-16)17(22)21-11-12-23-15-9-5-14(20)6-10-15/h3-10H,11-12H2,1-2H3,(H,21,22). The molecule has 0 aliphatic heterocycles. The fraction of sp³-hybridized carbons (Fsp3) is 0.278. The molecule has 0 atom stereocenters. The Balaban J connectivity index is 1.77. The highest BCUT2D eigenvalue weighted by atomic mass is 35.5. The first-order chi connectivity index (χ1) is 11.4. The maximum atomic E-state index is 12.8. The molecule has 1 amide bonds. The minimum Gasteiger partial charge on any atom is -0.492 e. The molecule has 0 aliphatic carbocycles. The van der Waals surface area contributed by atoms with Crippen LogP contribution >= 0.6 is 11.6 Å². The van der Waals surface area contributed by atoms with Gasteiger partial charge in [0.1, 0.15) is 23.9 Å². The summed E-state index contributed by atoms with van der Waals surface area (Å²) in [4.78, 5) is 12.2. The average molecular weight is 352 g/mol. The Bertz CT molecular complexity index is 672. The van der Waals surface area contributed by atoms with Crippen molar-refractivity contribution in [2.24, 2.45) is 0 Å². The summed E-state index contributed by atoms with van der Waals surface area (Å²) >= 11 is 5.82. The first-order valence-corrected chi connectivity index (χ1v) is 7.86. The van der Waals surface area contributed by atoms with Crippen LogP contribution in [-0.4, -0.2) is 24.7 Å². The van der Waals surface area contributed by atoms with Crippen LogP contribution in [-0.2, 0) is 4.79 Å². The third-order valence-corrected chi connectivity index (χ3v) is 3.46. The molecule has 0 spiro atoms. The minimum absolute atomic E-state index is 0.264. The second-order valence-electron chi connectivity index (χ2n) is 5.62. The number of nitrogens with one attached hydrogen (secondary N) is 1. The molecule has 0 aliphatic rings. The summed E-state index contributed by atoms with van der Waals surface area (Å²) in [5, 5.41) is 3.35. The number of hydrogen-bond donors (Lipinski definition) is 1. The van der Waals surface area contributed by atoms with E-state index in [0.717, 1.165) is 0 Å². The van der Waals surface area contributed by atoms with Crippen LogP contribution < -0.4 is 14.8 Å². The van der Waals surface area contributed by atoms with Gasteiger partial charge in [0.05, 0.1) is 6.54 Å². The van der Waals surface area contributed by atoms with E-state index in [1.54, 1.807) is 38.1 Å². The van der Waals surface area contributed by atoms with Crippen molar-refractivity contribution in [3.8, 4) is 11.5 Å². The highest BCUT2D eigenvalue weighted by Gasteiger charge is 2.29. The van der Waals surface area contributed by atoms with E-state index in [2.05, 4.69) is 5.32 Å². The van der Waals surface area contributed by atoms with Crippen LogP contribution in [0, 0.1) is 5.82 Å². The Kier molecular flexibility index (Phi) is 6.04. The van der Waals surface area contributed by atoms with Gasteiger partial charge in [-0.25, -0.2) is 4.39 Å². The summed E-state index contributed by atoms with van der Waals surface area (Å²) in [7, 11) is 0. The number of rotatable bonds is 7. The minimum atomic E-state index is -1.04. The lowest BCUT2D eigenvalue weighted by atomic mass is 10.1. The van der Waals surface area contributed by atoms with Gasteiger partial charge in [0.2, 0.25) is 0 Å². The van der Waals surface area contributed by atoms with Crippen LogP contribution in [0.1, 0.15) is 13.8 Å². The Hall–Kier alpha value is -2.27. The van der Waals surface area contributed by atoms with E-state index in [4.69, 9.17) is 21.1 Å². The maximum absolute atomic E-state index is 12.8. The molecule has 0 saturated heterocycles. The van der Waals surface area contributed by atoms with Crippen molar-refractivity contribution in [1.82, 2.24) is 5.32 Å². The van der Waals surface area contributed by atoms with Crippen molar-refractivity contribution < 1.29 is 18.7 Å². The van der Waals surface area contributed by atoms with Gasteiger partial charge in [-0.05, 0) is 62.4 Å². The largest absolute Gasteiger partial charge is 0.492 e. The predicted octanol–water partition coefficient (Wildman–Crippen LogP) is 3.83. The van der Waals surface area contributed by atoms with Crippen LogP contribution in [0.15, 0.2) is 48.5 Å². The Morgan fingerprint density at radius 2 is 1.67 bits per heavy atom. The Labute approximate surface area is 145 Å². The fourth-order valence-electron chi connectivity index (χ4n) is 1.92. The van der Waals surface area contributed by atoms with E-state index >= 15 is 0 Å². The highest BCUT2D eigenvalue weighted by Crippen LogP contribution is 2.21. The second kappa shape index (κ2) is 8.02. The van der Waals surface area contributed by atoms with E-state index in [-0.39, 0.29) is 18.3 Å². The molecule has 0 unspecified atom stereocenters. The monoisotopic (exact) mass is 351 g/mol. The zero-order valence-corrected chi connectivity index (χ0v) is 14.3. The van der Waals surface area contributed by atoms with Crippen molar-refractivity contribution >= 4 is 17.5 Å². The zero-order valence-electron chi connectivity index (χ0n) is 13.5. The van der Waals surface area contributed by atoms with Gasteiger partial charge in [0.25, 0.3) is 5.91 Å². The molecule has 4 nitrogen and oxygen atoms in total. The molecular weight excluding hydrogens is 333 g/mol. The maximum Gasteiger partial charge on any atom is 0.263 e. The molecule has 1 N–H and O–H groups in total. The van der Waals surface area contributed by atoms with Crippen molar-refractivity contribution in [3.05, 3.63) is 59.4 Å². The average Bonchev–Trinajstić information content (AvgIpc) is 2.55. The summed E-state index contributed by atoms with van der Waals surface area (Å²) < 4.78 is 23.9. The third-order valence-electron chi connectivity index (χ3n) is 3.20. The molecule has 6 heteroatoms. The van der Waals surface area contributed by atoms with Gasteiger partial charge in [-0.1, -0.05) is 11.6 Å². The lowest BCUT2D eigenvalue weighted by Gasteiger charge is -2.25. The third kappa shape index (κ3) is 5.42. The molecule has 0 aromatic heterocycles. The van der Waals surface area contributed by atoms with Crippen LogP contribution in [0.25, 0.3) is 0 Å². The number of halogens is 2. The highest BCUT2D eigenvalue weighted by molar-refractivity contribution is 6.30. The van der Waals surface area contributed by atoms with Crippen LogP contribution in [0.3, 0.4) is 0 Å². The predicted molar refractivity (Wildman–Crippen MR) is 91.1 cm³/mol. The molecule has 24 heavy (non-hydrogen) atoms. The molecule has 0 saturated carbocycles. The number of hydrogen-bond acceptors (Lipinski definition) is 3. The van der Waals surface area contributed by atoms with Gasteiger partial charge in [0.15, 0.2) is 5.60 Å². The number of ether oxygens (including phenoxy) is 2. The van der Waals surface area contributed by atoms with E-state index in [1.807, 2.05) is 0 Å². The first kappa shape index (κ1) is 18.1. The molecule has 2 rings (SSSR count). The molecule has 128 valence electrons. The molecule has 0 fully saturated rings. The number of carbonyl (C=O) groups is 1. The SMILES string of the molecule is CC(C)(Oc1ccc(Cl)cc1)C(=O)NCCOc1ccc(F)cc1. The zero-order chi connectivity index (χ0) is 17.6. The number of benzene rings is 2. The van der Waals surface area contributed by atoms with Gasteiger partial charge < -0.3 is 14.8 Å². The van der Waals surface area contributed by atoms with Crippen molar-refractivity contribution in [3.63, 3.8) is 0 Å². The second-order valence-corrected chi connectivity index (χ2v) is 6.06. The lowest BCUT2D eigenvalue weighted by molar-refractivity contribution is -0.134. The van der Waals surface area contributed by atoms with Crippen molar-refractivity contribution in [2.75, 3.05) is 13.2 Å². The van der Waals surface area contributed by atoms with Crippen molar-refractivity contribution in [2.45, 2.75) is 19.4 Å². The quantitative estimate of drug-likeness (QED) is 0.771. The lowest BCUT2D eigenvalue weighted by Crippen LogP contribution is -2.47. The van der Waals surface area contributed by atoms with E-state index in [0.29, 0.717) is 23.1 Å². The Morgan fingerprint density at radius 3 is 2.29 bits per heavy atom. The van der Waals surface area contributed by atoms with E-state index < -0.39 is 5.60 Å². The summed E-state index contributed by atoms with van der Waals surface area (Å²) in [6.45, 7) is 3.94. The van der Waals surface area contributed by atoms with Gasteiger partial charge in [-0.3, -0.25) is 4.79 Å². The normalized spacial score (nSPS) is 11.0. The molecule has 2 aromatic carbocycles. The fourth-order valence-corrected chi connectivity index (χ4v) is 2.05. The summed E-state index contributed by atoms with van der Waals surface area (Å²) in [6.07, 6.45) is 0. The van der Waals surface area contributed by atoms with E-state index in [9.17, 15) is 9.18 Å². The van der Waals surface area contributed by atoms with Crippen LogP contribution in [0.5, 0.6) is 11.5 Å². The van der Waals surface area contributed by atoms with Crippen LogP contribution in [0.2, 0.25) is 5.02 Å². The molecule has 0 heterocycles. The molecule has 2 aromatic rings. The first-order valence-electron chi connectivity index (χ1n) is 7.48.